The van der Waals surface area contributed by atoms with Crippen LogP contribution >= 0.6 is 11.8 Å². The molecule has 0 aromatic heterocycles. The van der Waals surface area contributed by atoms with E-state index in [1.807, 2.05) is 18.0 Å². The lowest BCUT2D eigenvalue weighted by atomic mass is 10.1. The van der Waals surface area contributed by atoms with Crippen molar-refractivity contribution in [2.75, 3.05) is 38.3 Å². The Labute approximate surface area is 179 Å². The highest BCUT2D eigenvalue weighted by molar-refractivity contribution is 7.99. The second-order valence-electron chi connectivity index (χ2n) is 7.92. The van der Waals surface area contributed by atoms with E-state index in [0.717, 1.165) is 37.6 Å². The molecule has 0 spiro atoms. The molecule has 29 heavy (non-hydrogen) atoms. The molecule has 0 aliphatic carbocycles. The summed E-state index contributed by atoms with van der Waals surface area (Å²) in [6, 6.07) is 18.9. The highest BCUT2D eigenvalue weighted by Crippen LogP contribution is 2.26. The molecule has 5 heteroatoms. The maximum atomic E-state index is 13.1. The smallest absolute Gasteiger partial charge is 0.236 e. The Morgan fingerprint density at radius 1 is 1.03 bits per heavy atom. The Kier molecular flexibility index (Phi) is 8.01. The molecular weight excluding hydrogens is 380 g/mol. The quantitative estimate of drug-likeness (QED) is 0.642. The molecule has 0 bridgehead atoms. The van der Waals surface area contributed by atoms with Crippen molar-refractivity contribution >= 4 is 23.4 Å². The normalized spacial score (nSPS) is 15.4. The van der Waals surface area contributed by atoms with Gasteiger partial charge in [-0.1, -0.05) is 56.3 Å². The summed E-state index contributed by atoms with van der Waals surface area (Å²) in [4.78, 5) is 17.3. The van der Waals surface area contributed by atoms with E-state index < -0.39 is 0 Å². The van der Waals surface area contributed by atoms with Gasteiger partial charge < -0.3 is 14.5 Å². The van der Waals surface area contributed by atoms with Gasteiger partial charge in [0, 0.05) is 38.1 Å². The number of carbonyl (C=O) groups is 1. The fraction of sp³-hybridized carbons (Fsp3) is 0.458. The minimum atomic E-state index is -0.0344. The predicted octanol–water partition coefficient (Wildman–Crippen LogP) is 4.44. The zero-order valence-corrected chi connectivity index (χ0v) is 18.5. The summed E-state index contributed by atoms with van der Waals surface area (Å²) < 4.78 is 5.43. The molecule has 1 unspecified atom stereocenters. The van der Waals surface area contributed by atoms with Crippen LogP contribution in [0.2, 0.25) is 0 Å². The Bertz CT molecular complexity index is 758. The lowest BCUT2D eigenvalue weighted by Gasteiger charge is -2.29. The number of carbonyl (C=O) groups excluding carboxylic acids is 1. The maximum absolute atomic E-state index is 13.1. The average molecular weight is 413 g/mol. The predicted molar refractivity (Wildman–Crippen MR) is 122 cm³/mol. The second kappa shape index (κ2) is 10.7. The van der Waals surface area contributed by atoms with Gasteiger partial charge in [-0.25, -0.2) is 0 Å². The SMILES string of the molecule is CC(C)C(SCc1ccccc1)C(=O)N(C)Cc1ccc(N2CCOCC2)cc1. The lowest BCUT2D eigenvalue weighted by Crippen LogP contribution is -2.37. The molecule has 1 atom stereocenters. The van der Waals surface area contributed by atoms with Crippen LogP contribution in [0.5, 0.6) is 0 Å². The van der Waals surface area contributed by atoms with Crippen LogP contribution in [-0.2, 0) is 21.8 Å². The van der Waals surface area contributed by atoms with Crippen molar-refractivity contribution in [2.45, 2.75) is 31.4 Å². The molecule has 156 valence electrons. The Balaban J connectivity index is 1.57. The van der Waals surface area contributed by atoms with E-state index in [4.69, 9.17) is 4.74 Å². The van der Waals surface area contributed by atoms with Crippen LogP contribution in [0.15, 0.2) is 54.6 Å². The van der Waals surface area contributed by atoms with Gasteiger partial charge in [-0.2, -0.15) is 0 Å². The van der Waals surface area contributed by atoms with Gasteiger partial charge in [0.1, 0.15) is 0 Å². The number of nitrogens with zero attached hydrogens (tertiary/aromatic N) is 2. The third kappa shape index (κ3) is 6.25. The molecule has 1 aliphatic rings. The summed E-state index contributed by atoms with van der Waals surface area (Å²) >= 11 is 1.74. The van der Waals surface area contributed by atoms with Gasteiger partial charge in [-0.15, -0.1) is 11.8 Å². The number of ether oxygens (including phenoxy) is 1. The van der Waals surface area contributed by atoms with Crippen molar-refractivity contribution < 1.29 is 9.53 Å². The molecule has 0 radical (unpaired) electrons. The Morgan fingerprint density at radius 2 is 1.69 bits per heavy atom. The second-order valence-corrected chi connectivity index (χ2v) is 9.05. The largest absolute Gasteiger partial charge is 0.378 e. The van der Waals surface area contributed by atoms with E-state index in [1.54, 1.807) is 11.8 Å². The van der Waals surface area contributed by atoms with Crippen LogP contribution in [0.4, 0.5) is 5.69 Å². The maximum Gasteiger partial charge on any atom is 0.236 e. The molecule has 3 rings (SSSR count). The van der Waals surface area contributed by atoms with Crippen molar-refractivity contribution in [2.24, 2.45) is 5.92 Å². The topological polar surface area (TPSA) is 32.8 Å². The molecule has 2 aromatic rings. The van der Waals surface area contributed by atoms with Gasteiger partial charge in [0.05, 0.1) is 18.5 Å². The summed E-state index contributed by atoms with van der Waals surface area (Å²) in [5.41, 5.74) is 3.65. The minimum absolute atomic E-state index is 0.0344. The molecular formula is C24H32N2O2S. The van der Waals surface area contributed by atoms with Crippen molar-refractivity contribution in [1.29, 1.82) is 0 Å². The van der Waals surface area contributed by atoms with E-state index >= 15 is 0 Å². The van der Waals surface area contributed by atoms with Gasteiger partial charge in [0.25, 0.3) is 0 Å². The molecule has 1 heterocycles. The number of anilines is 1. The standard InChI is InChI=1S/C24H32N2O2S/c1-19(2)23(29-18-21-7-5-4-6-8-21)24(27)25(3)17-20-9-11-22(12-10-20)26-13-15-28-16-14-26/h4-12,19,23H,13-18H2,1-3H3. The number of thioether (sulfide) groups is 1. The molecule has 0 saturated carbocycles. The molecule has 1 fully saturated rings. The van der Waals surface area contributed by atoms with Crippen molar-refractivity contribution in [3.8, 4) is 0 Å². The van der Waals surface area contributed by atoms with E-state index in [1.165, 1.54) is 11.3 Å². The molecule has 1 aliphatic heterocycles. The first kappa shape index (κ1) is 21.7. The number of benzene rings is 2. The van der Waals surface area contributed by atoms with E-state index in [-0.39, 0.29) is 11.2 Å². The van der Waals surface area contributed by atoms with Gasteiger partial charge in [-0.3, -0.25) is 4.79 Å². The first-order valence-corrected chi connectivity index (χ1v) is 11.4. The van der Waals surface area contributed by atoms with Crippen LogP contribution < -0.4 is 4.90 Å². The average Bonchev–Trinajstić information content (AvgIpc) is 2.75. The zero-order chi connectivity index (χ0) is 20.6. The Morgan fingerprint density at radius 3 is 2.31 bits per heavy atom. The van der Waals surface area contributed by atoms with E-state index in [2.05, 4.69) is 67.3 Å². The fourth-order valence-electron chi connectivity index (χ4n) is 3.51. The van der Waals surface area contributed by atoms with E-state index in [9.17, 15) is 4.79 Å². The first-order chi connectivity index (χ1) is 14.0. The van der Waals surface area contributed by atoms with Crippen LogP contribution in [0.3, 0.4) is 0 Å². The fourth-order valence-corrected chi connectivity index (χ4v) is 4.78. The number of hydrogen-bond donors (Lipinski definition) is 0. The van der Waals surface area contributed by atoms with Crippen LogP contribution in [0, 0.1) is 5.92 Å². The van der Waals surface area contributed by atoms with Crippen molar-refractivity contribution in [3.63, 3.8) is 0 Å². The van der Waals surface area contributed by atoms with Crippen molar-refractivity contribution in [3.05, 3.63) is 65.7 Å². The number of hydrogen-bond acceptors (Lipinski definition) is 4. The number of amides is 1. The molecule has 4 nitrogen and oxygen atoms in total. The van der Waals surface area contributed by atoms with Gasteiger partial charge in [-0.05, 0) is 29.2 Å². The number of morpholine rings is 1. The summed E-state index contributed by atoms with van der Waals surface area (Å²) in [5.74, 6) is 1.36. The third-order valence-electron chi connectivity index (χ3n) is 5.23. The van der Waals surface area contributed by atoms with Gasteiger partial charge in [0.2, 0.25) is 5.91 Å². The first-order valence-electron chi connectivity index (χ1n) is 10.4. The highest BCUT2D eigenvalue weighted by atomic mass is 32.2. The van der Waals surface area contributed by atoms with Crippen LogP contribution in [0.25, 0.3) is 0 Å². The summed E-state index contributed by atoms with van der Waals surface area (Å²) in [6.45, 7) is 8.35. The molecule has 1 saturated heterocycles. The van der Waals surface area contributed by atoms with Crippen molar-refractivity contribution in [1.82, 2.24) is 4.90 Å². The summed E-state index contributed by atoms with van der Waals surface area (Å²) in [5, 5.41) is -0.0344. The minimum Gasteiger partial charge on any atom is -0.378 e. The van der Waals surface area contributed by atoms with Gasteiger partial charge >= 0.3 is 0 Å². The Hall–Kier alpha value is -1.98. The monoisotopic (exact) mass is 412 g/mol. The van der Waals surface area contributed by atoms with Crippen LogP contribution in [0.1, 0.15) is 25.0 Å². The molecule has 2 aromatic carbocycles. The third-order valence-corrected chi connectivity index (χ3v) is 6.83. The highest BCUT2D eigenvalue weighted by Gasteiger charge is 2.26. The molecule has 0 N–H and O–H groups in total. The number of rotatable bonds is 8. The molecule has 1 amide bonds. The van der Waals surface area contributed by atoms with E-state index in [0.29, 0.717) is 12.5 Å². The van der Waals surface area contributed by atoms with Gasteiger partial charge in [0.15, 0.2) is 0 Å². The lowest BCUT2D eigenvalue weighted by molar-refractivity contribution is -0.130. The summed E-state index contributed by atoms with van der Waals surface area (Å²) in [7, 11) is 1.91. The summed E-state index contributed by atoms with van der Waals surface area (Å²) in [6.07, 6.45) is 0. The van der Waals surface area contributed by atoms with Crippen LogP contribution in [-0.4, -0.2) is 49.4 Å². The zero-order valence-electron chi connectivity index (χ0n) is 17.7.